The van der Waals surface area contributed by atoms with E-state index in [0.717, 1.165) is 36.2 Å². The van der Waals surface area contributed by atoms with Crippen LogP contribution in [0.3, 0.4) is 0 Å². The van der Waals surface area contributed by atoms with Crippen LogP contribution in [-0.2, 0) is 0 Å². The number of aryl methyl sites for hydroxylation is 1. The SMILES string of the molecule is CC/C(C)=C\N(c1cc(OC)c(C(C)=O)c(OC)c1)c1ccc(C(/C=C(\C)CC)=C/C=C(\C)C(C)CC)cc1C. The zero-order valence-corrected chi connectivity index (χ0v) is 26.6. The fraction of sp³-hybridized carbons (Fsp3) is 0.417. The average Bonchev–Trinajstić information content (AvgIpc) is 2.96. The van der Waals surface area contributed by atoms with E-state index in [2.05, 4.69) is 103 Å². The van der Waals surface area contributed by atoms with Crippen LogP contribution in [0.5, 0.6) is 11.5 Å². The lowest BCUT2D eigenvalue weighted by Gasteiger charge is -2.26. The van der Waals surface area contributed by atoms with Gasteiger partial charge in [-0.05, 0) is 88.6 Å². The van der Waals surface area contributed by atoms with Gasteiger partial charge in [0.05, 0.1) is 19.9 Å². The first-order valence-electron chi connectivity index (χ1n) is 14.4. The minimum absolute atomic E-state index is 0.0972. The van der Waals surface area contributed by atoms with Crippen LogP contribution in [0.4, 0.5) is 11.4 Å². The lowest BCUT2D eigenvalue weighted by atomic mass is 9.96. The molecule has 0 heterocycles. The summed E-state index contributed by atoms with van der Waals surface area (Å²) in [6.45, 7) is 19.1. The third-order valence-electron chi connectivity index (χ3n) is 7.69. The number of ether oxygens (including phenoxy) is 2. The molecule has 0 aliphatic heterocycles. The highest BCUT2D eigenvalue weighted by Gasteiger charge is 2.20. The molecule has 2 aromatic rings. The molecule has 0 fully saturated rings. The molecule has 1 atom stereocenters. The summed E-state index contributed by atoms with van der Waals surface area (Å²) in [5, 5.41) is 0. The molecule has 0 saturated heterocycles. The van der Waals surface area contributed by atoms with Crippen molar-refractivity contribution in [2.75, 3.05) is 19.1 Å². The highest BCUT2D eigenvalue weighted by atomic mass is 16.5. The molecule has 216 valence electrons. The Balaban J connectivity index is 2.75. The van der Waals surface area contributed by atoms with E-state index in [1.165, 1.54) is 34.8 Å². The first-order valence-corrected chi connectivity index (χ1v) is 14.4. The summed E-state index contributed by atoms with van der Waals surface area (Å²) >= 11 is 0. The third-order valence-corrected chi connectivity index (χ3v) is 7.69. The van der Waals surface area contributed by atoms with Crippen molar-refractivity contribution in [3.05, 3.63) is 88.2 Å². The Hall–Kier alpha value is -3.53. The Morgan fingerprint density at radius 2 is 1.50 bits per heavy atom. The van der Waals surface area contributed by atoms with E-state index in [0.29, 0.717) is 23.0 Å². The van der Waals surface area contributed by atoms with E-state index < -0.39 is 0 Å². The Morgan fingerprint density at radius 3 is 1.98 bits per heavy atom. The molecule has 0 spiro atoms. The van der Waals surface area contributed by atoms with Crippen molar-refractivity contribution in [1.82, 2.24) is 0 Å². The molecule has 2 aromatic carbocycles. The van der Waals surface area contributed by atoms with Crippen molar-refractivity contribution in [2.45, 2.75) is 81.6 Å². The van der Waals surface area contributed by atoms with Crippen LogP contribution in [-0.4, -0.2) is 20.0 Å². The van der Waals surface area contributed by atoms with Gasteiger partial charge in [0, 0.05) is 24.0 Å². The third kappa shape index (κ3) is 8.24. The maximum atomic E-state index is 12.4. The molecule has 4 heteroatoms. The molecule has 0 aliphatic carbocycles. The number of carbonyl (C=O) groups is 1. The Morgan fingerprint density at radius 1 is 0.900 bits per heavy atom. The summed E-state index contributed by atoms with van der Waals surface area (Å²) in [5.74, 6) is 1.46. The van der Waals surface area contributed by atoms with Gasteiger partial charge in [-0.25, -0.2) is 0 Å². The molecule has 0 amide bonds. The fourth-order valence-electron chi connectivity index (χ4n) is 4.39. The van der Waals surface area contributed by atoms with E-state index >= 15 is 0 Å². The van der Waals surface area contributed by atoms with E-state index in [9.17, 15) is 4.79 Å². The zero-order valence-electron chi connectivity index (χ0n) is 26.6. The molecule has 0 radical (unpaired) electrons. The van der Waals surface area contributed by atoms with Crippen LogP contribution in [0.25, 0.3) is 5.57 Å². The maximum Gasteiger partial charge on any atom is 0.167 e. The van der Waals surface area contributed by atoms with Crippen LogP contribution in [0.2, 0.25) is 0 Å². The minimum Gasteiger partial charge on any atom is -0.496 e. The highest BCUT2D eigenvalue weighted by Crippen LogP contribution is 2.39. The normalized spacial score (nSPS) is 13.8. The number of hydrogen-bond acceptors (Lipinski definition) is 4. The lowest BCUT2D eigenvalue weighted by molar-refractivity contribution is 0.101. The van der Waals surface area contributed by atoms with Gasteiger partial charge in [0.15, 0.2) is 5.78 Å². The van der Waals surface area contributed by atoms with Crippen LogP contribution >= 0.6 is 0 Å². The standard InChI is InChI=1S/C36H49NO3/c1-12-24(4)19-30(16-15-27(7)26(6)14-3)31-17-18-33(28(8)20-31)37(23-25(5)13-2)32-21-34(39-10)36(29(9)38)35(22-32)40-11/h15-23,26H,12-14H2,1-11H3/b24-19+,25-23-,27-15+,30-16+. The fourth-order valence-corrected chi connectivity index (χ4v) is 4.39. The number of ketones is 1. The maximum absolute atomic E-state index is 12.4. The highest BCUT2D eigenvalue weighted by molar-refractivity contribution is 6.00. The number of benzene rings is 2. The number of allylic oxidation sites excluding steroid dienone is 7. The molecular weight excluding hydrogens is 494 g/mol. The topological polar surface area (TPSA) is 38.8 Å². The predicted molar refractivity (Wildman–Crippen MR) is 172 cm³/mol. The number of Topliss-reactive ketones (excluding diaryl/α,β-unsaturated/α-hetero) is 1. The van der Waals surface area contributed by atoms with Crippen molar-refractivity contribution in [2.24, 2.45) is 5.92 Å². The molecule has 0 aromatic heterocycles. The Labute approximate surface area is 243 Å². The van der Waals surface area contributed by atoms with E-state index in [1.54, 1.807) is 14.2 Å². The minimum atomic E-state index is -0.0972. The van der Waals surface area contributed by atoms with Gasteiger partial charge in [-0.1, -0.05) is 68.7 Å². The summed E-state index contributed by atoms with van der Waals surface area (Å²) in [4.78, 5) is 14.5. The van der Waals surface area contributed by atoms with Gasteiger partial charge in [0.25, 0.3) is 0 Å². The smallest absolute Gasteiger partial charge is 0.167 e. The van der Waals surface area contributed by atoms with Crippen molar-refractivity contribution in [3.8, 4) is 11.5 Å². The number of nitrogens with zero attached hydrogens (tertiary/aromatic N) is 1. The Bertz CT molecular complexity index is 1280. The predicted octanol–water partition coefficient (Wildman–Crippen LogP) is 10.4. The lowest BCUT2D eigenvalue weighted by Crippen LogP contribution is -2.13. The van der Waals surface area contributed by atoms with Gasteiger partial charge in [0.1, 0.15) is 17.1 Å². The van der Waals surface area contributed by atoms with E-state index in [4.69, 9.17) is 9.47 Å². The molecule has 0 saturated carbocycles. The summed E-state index contributed by atoms with van der Waals surface area (Å²) < 4.78 is 11.3. The van der Waals surface area contributed by atoms with Gasteiger partial charge < -0.3 is 14.4 Å². The second kappa shape index (κ2) is 15.3. The second-order valence-corrected chi connectivity index (χ2v) is 10.7. The molecular formula is C36H49NO3. The van der Waals surface area contributed by atoms with Crippen molar-refractivity contribution < 1.29 is 14.3 Å². The largest absolute Gasteiger partial charge is 0.496 e. The Kier molecular flexibility index (Phi) is 12.5. The zero-order chi connectivity index (χ0) is 30.0. The summed E-state index contributed by atoms with van der Waals surface area (Å²) in [5.41, 5.74) is 9.86. The van der Waals surface area contributed by atoms with Gasteiger partial charge >= 0.3 is 0 Å². The summed E-state index contributed by atoms with van der Waals surface area (Å²) in [7, 11) is 3.17. The number of rotatable bonds is 13. The second-order valence-electron chi connectivity index (χ2n) is 10.7. The molecule has 1 unspecified atom stereocenters. The molecule has 0 bridgehead atoms. The first-order chi connectivity index (χ1) is 19.0. The summed E-state index contributed by atoms with van der Waals surface area (Å²) in [6, 6.07) is 10.4. The quantitative estimate of drug-likeness (QED) is 0.186. The number of carbonyl (C=O) groups excluding carboxylic acids is 1. The monoisotopic (exact) mass is 543 g/mol. The number of hydrogen-bond donors (Lipinski definition) is 0. The molecule has 2 rings (SSSR count). The molecule has 4 nitrogen and oxygen atoms in total. The molecule has 40 heavy (non-hydrogen) atoms. The average molecular weight is 544 g/mol. The van der Waals surface area contributed by atoms with Gasteiger partial charge in [-0.2, -0.15) is 0 Å². The van der Waals surface area contributed by atoms with E-state index in [-0.39, 0.29) is 5.78 Å². The van der Waals surface area contributed by atoms with Crippen molar-refractivity contribution in [3.63, 3.8) is 0 Å². The van der Waals surface area contributed by atoms with Gasteiger partial charge in [-0.15, -0.1) is 0 Å². The first kappa shape index (κ1) is 32.7. The molecule has 0 N–H and O–H groups in total. The van der Waals surface area contributed by atoms with Gasteiger partial charge in [-0.3, -0.25) is 4.79 Å². The van der Waals surface area contributed by atoms with Gasteiger partial charge in [0.2, 0.25) is 0 Å². The van der Waals surface area contributed by atoms with Crippen molar-refractivity contribution in [1.29, 1.82) is 0 Å². The number of methoxy groups -OCH3 is 2. The summed E-state index contributed by atoms with van der Waals surface area (Å²) in [6.07, 6.45) is 12.0. The van der Waals surface area contributed by atoms with Crippen LogP contribution in [0.1, 0.15) is 96.1 Å². The number of anilines is 2. The van der Waals surface area contributed by atoms with Crippen LogP contribution < -0.4 is 14.4 Å². The van der Waals surface area contributed by atoms with E-state index in [1.807, 2.05) is 12.1 Å². The van der Waals surface area contributed by atoms with Crippen LogP contribution in [0.15, 0.2) is 71.5 Å². The van der Waals surface area contributed by atoms with Crippen LogP contribution in [0, 0.1) is 12.8 Å². The molecule has 0 aliphatic rings. The van der Waals surface area contributed by atoms with Crippen molar-refractivity contribution >= 4 is 22.7 Å².